The standard InChI is InChI=1S/C25H24N4O2/c1-31-23-7-3-2-6-20(23)18-13-19(14-18)21-15-27-29-25(21)28-24(30)12-16-8-9-22-17(11-16)5-4-10-26-22/h2-11,15,18-19H,12-14H2,1H3,(H2,27,28,29,30). The molecule has 0 aliphatic heterocycles. The first kappa shape index (κ1) is 19.3. The fourth-order valence-electron chi connectivity index (χ4n) is 4.44. The van der Waals surface area contributed by atoms with Gasteiger partial charge in [-0.3, -0.25) is 14.9 Å². The third kappa shape index (κ3) is 3.89. The molecule has 0 saturated heterocycles. The van der Waals surface area contributed by atoms with Crippen molar-refractivity contribution in [2.24, 2.45) is 0 Å². The van der Waals surface area contributed by atoms with Gasteiger partial charge in [0.15, 0.2) is 0 Å². The first-order chi connectivity index (χ1) is 15.2. The quantitative estimate of drug-likeness (QED) is 0.476. The number of hydrogen-bond acceptors (Lipinski definition) is 4. The van der Waals surface area contributed by atoms with Crippen LogP contribution in [0.15, 0.2) is 67.0 Å². The topological polar surface area (TPSA) is 79.9 Å². The van der Waals surface area contributed by atoms with Crippen molar-refractivity contribution < 1.29 is 9.53 Å². The van der Waals surface area contributed by atoms with E-state index >= 15 is 0 Å². The molecule has 1 amide bonds. The Balaban J connectivity index is 1.24. The summed E-state index contributed by atoms with van der Waals surface area (Å²) in [6, 6.07) is 18.0. The number of nitrogens with one attached hydrogen (secondary N) is 2. The third-order valence-electron chi connectivity index (χ3n) is 6.12. The number of hydrogen-bond donors (Lipinski definition) is 2. The minimum absolute atomic E-state index is 0.0608. The number of nitrogens with zero attached hydrogens (tertiary/aromatic N) is 2. The van der Waals surface area contributed by atoms with Gasteiger partial charge in [-0.15, -0.1) is 0 Å². The van der Waals surface area contributed by atoms with E-state index in [0.29, 0.717) is 24.1 Å². The summed E-state index contributed by atoms with van der Waals surface area (Å²) in [5.41, 5.74) is 4.21. The maximum atomic E-state index is 12.7. The predicted molar refractivity (Wildman–Crippen MR) is 120 cm³/mol. The zero-order valence-corrected chi connectivity index (χ0v) is 17.3. The van der Waals surface area contributed by atoms with E-state index in [1.807, 2.05) is 48.7 Å². The van der Waals surface area contributed by atoms with Gasteiger partial charge in [0.05, 0.1) is 25.2 Å². The number of para-hydroxylation sites is 1. The molecule has 5 rings (SSSR count). The number of fused-ring (bicyclic) bond motifs is 1. The average Bonchev–Trinajstić information content (AvgIpc) is 3.20. The molecule has 0 unspecified atom stereocenters. The molecule has 2 aromatic heterocycles. The first-order valence-corrected chi connectivity index (χ1v) is 10.5. The SMILES string of the molecule is COc1ccccc1C1CC(c2cn[nH]c2NC(=O)Cc2ccc3ncccc3c2)C1. The molecule has 1 aliphatic rings. The molecule has 156 valence electrons. The maximum absolute atomic E-state index is 12.7. The molecule has 0 atom stereocenters. The number of rotatable bonds is 6. The largest absolute Gasteiger partial charge is 0.496 e. The van der Waals surface area contributed by atoms with Crippen molar-refractivity contribution in [1.82, 2.24) is 15.2 Å². The molecule has 0 bridgehead atoms. The second-order valence-corrected chi connectivity index (χ2v) is 8.06. The van der Waals surface area contributed by atoms with Crippen LogP contribution in [-0.2, 0) is 11.2 Å². The fourth-order valence-corrected chi connectivity index (χ4v) is 4.44. The Bertz CT molecular complexity index is 1230. The highest BCUT2D eigenvalue weighted by molar-refractivity contribution is 5.93. The number of H-pyrrole nitrogens is 1. The molecule has 0 spiro atoms. The Morgan fingerprint density at radius 1 is 1.10 bits per heavy atom. The number of amides is 1. The van der Waals surface area contributed by atoms with E-state index in [9.17, 15) is 4.79 Å². The van der Waals surface area contributed by atoms with Gasteiger partial charge in [-0.05, 0) is 60.1 Å². The van der Waals surface area contributed by atoms with Crippen LogP contribution in [0.3, 0.4) is 0 Å². The van der Waals surface area contributed by atoms with Gasteiger partial charge in [-0.2, -0.15) is 5.10 Å². The predicted octanol–water partition coefficient (Wildman–Crippen LogP) is 4.81. The smallest absolute Gasteiger partial charge is 0.229 e. The third-order valence-corrected chi connectivity index (χ3v) is 6.12. The van der Waals surface area contributed by atoms with Gasteiger partial charge >= 0.3 is 0 Å². The van der Waals surface area contributed by atoms with Crippen molar-refractivity contribution in [1.29, 1.82) is 0 Å². The molecule has 1 saturated carbocycles. The number of carbonyl (C=O) groups is 1. The van der Waals surface area contributed by atoms with Crippen LogP contribution in [0.1, 0.15) is 41.4 Å². The van der Waals surface area contributed by atoms with Crippen LogP contribution in [-0.4, -0.2) is 28.2 Å². The van der Waals surface area contributed by atoms with E-state index in [1.54, 1.807) is 13.3 Å². The van der Waals surface area contributed by atoms with Gasteiger partial charge in [0, 0.05) is 17.1 Å². The molecule has 4 aromatic rings. The van der Waals surface area contributed by atoms with Gasteiger partial charge in [0.1, 0.15) is 11.6 Å². The number of benzene rings is 2. The van der Waals surface area contributed by atoms with Crippen LogP contribution >= 0.6 is 0 Å². The van der Waals surface area contributed by atoms with E-state index < -0.39 is 0 Å². The van der Waals surface area contributed by atoms with E-state index in [4.69, 9.17) is 4.74 Å². The zero-order valence-electron chi connectivity index (χ0n) is 17.3. The highest BCUT2D eigenvalue weighted by atomic mass is 16.5. The van der Waals surface area contributed by atoms with E-state index in [1.165, 1.54) is 5.56 Å². The van der Waals surface area contributed by atoms with Crippen molar-refractivity contribution in [2.45, 2.75) is 31.1 Å². The Morgan fingerprint density at radius 3 is 2.81 bits per heavy atom. The van der Waals surface area contributed by atoms with E-state index in [-0.39, 0.29) is 5.91 Å². The highest BCUT2D eigenvalue weighted by Gasteiger charge is 2.35. The lowest BCUT2D eigenvalue weighted by Crippen LogP contribution is -2.22. The lowest BCUT2D eigenvalue weighted by Gasteiger charge is -2.36. The second kappa shape index (κ2) is 8.22. The molecule has 1 fully saturated rings. The molecular weight excluding hydrogens is 388 g/mol. The summed E-state index contributed by atoms with van der Waals surface area (Å²) in [6.07, 6.45) is 5.94. The number of methoxy groups -OCH3 is 1. The molecule has 31 heavy (non-hydrogen) atoms. The average molecular weight is 412 g/mol. The Kier molecular flexibility index (Phi) is 5.12. The van der Waals surface area contributed by atoms with Crippen LogP contribution in [0.5, 0.6) is 5.75 Å². The molecule has 6 nitrogen and oxygen atoms in total. The molecule has 0 radical (unpaired) electrons. The summed E-state index contributed by atoms with van der Waals surface area (Å²) >= 11 is 0. The number of pyridine rings is 1. The van der Waals surface area contributed by atoms with Gasteiger partial charge in [-0.1, -0.05) is 30.3 Å². The molecular formula is C25H24N4O2. The fraction of sp³-hybridized carbons (Fsp3) is 0.240. The van der Waals surface area contributed by atoms with Gasteiger partial charge in [-0.25, -0.2) is 0 Å². The number of aromatic nitrogens is 3. The van der Waals surface area contributed by atoms with Gasteiger partial charge in [0.25, 0.3) is 0 Å². The minimum atomic E-state index is -0.0608. The number of aromatic amines is 1. The van der Waals surface area contributed by atoms with E-state index in [2.05, 4.69) is 32.6 Å². The number of carbonyl (C=O) groups excluding carboxylic acids is 1. The van der Waals surface area contributed by atoms with Crippen LogP contribution in [0, 0.1) is 0 Å². The zero-order chi connectivity index (χ0) is 21.2. The summed E-state index contributed by atoms with van der Waals surface area (Å²) in [5, 5.41) is 11.2. The molecule has 2 aromatic carbocycles. The van der Waals surface area contributed by atoms with Crippen LogP contribution in [0.25, 0.3) is 10.9 Å². The monoisotopic (exact) mass is 412 g/mol. The number of ether oxygens (including phenoxy) is 1. The molecule has 1 aliphatic carbocycles. The minimum Gasteiger partial charge on any atom is -0.496 e. The van der Waals surface area contributed by atoms with Gasteiger partial charge < -0.3 is 10.1 Å². The normalized spacial score (nSPS) is 17.8. The highest BCUT2D eigenvalue weighted by Crippen LogP contribution is 2.50. The van der Waals surface area contributed by atoms with E-state index in [0.717, 1.165) is 40.6 Å². The first-order valence-electron chi connectivity index (χ1n) is 10.5. The van der Waals surface area contributed by atoms with Crippen molar-refractivity contribution >= 4 is 22.6 Å². The summed E-state index contributed by atoms with van der Waals surface area (Å²) in [4.78, 5) is 17.0. The summed E-state index contributed by atoms with van der Waals surface area (Å²) < 4.78 is 5.51. The van der Waals surface area contributed by atoms with Crippen molar-refractivity contribution in [3.05, 3.63) is 83.7 Å². The Hall–Kier alpha value is -3.67. The van der Waals surface area contributed by atoms with Crippen molar-refractivity contribution in [2.75, 3.05) is 12.4 Å². The molecule has 6 heteroatoms. The number of anilines is 1. The lowest BCUT2D eigenvalue weighted by atomic mass is 9.69. The molecule has 2 N–H and O–H groups in total. The second-order valence-electron chi connectivity index (χ2n) is 8.06. The van der Waals surface area contributed by atoms with Crippen molar-refractivity contribution in [3.8, 4) is 5.75 Å². The Labute approximate surface area is 180 Å². The summed E-state index contributed by atoms with van der Waals surface area (Å²) in [5.74, 6) is 2.42. The Morgan fingerprint density at radius 2 is 1.94 bits per heavy atom. The molecule has 2 heterocycles. The maximum Gasteiger partial charge on any atom is 0.229 e. The van der Waals surface area contributed by atoms with Crippen LogP contribution < -0.4 is 10.1 Å². The van der Waals surface area contributed by atoms with Crippen molar-refractivity contribution in [3.63, 3.8) is 0 Å². The van der Waals surface area contributed by atoms with Gasteiger partial charge in [0.2, 0.25) is 5.91 Å². The van der Waals surface area contributed by atoms with Crippen LogP contribution in [0.2, 0.25) is 0 Å². The lowest BCUT2D eigenvalue weighted by molar-refractivity contribution is -0.115. The van der Waals surface area contributed by atoms with Crippen LogP contribution in [0.4, 0.5) is 5.82 Å². The summed E-state index contributed by atoms with van der Waals surface area (Å²) in [7, 11) is 1.71. The summed E-state index contributed by atoms with van der Waals surface area (Å²) in [6.45, 7) is 0.